The third kappa shape index (κ3) is 4.27. The molecule has 0 fully saturated rings. The van der Waals surface area contributed by atoms with Crippen LogP contribution >= 0.6 is 12.2 Å². The van der Waals surface area contributed by atoms with Crippen molar-refractivity contribution in [2.75, 3.05) is 6.54 Å². The molecule has 180 valence electrons. The first-order valence-electron chi connectivity index (χ1n) is 11.7. The molecule has 0 saturated heterocycles. The number of rotatable bonds is 6. The van der Waals surface area contributed by atoms with Crippen molar-refractivity contribution >= 4 is 40.5 Å². The molecule has 0 atom stereocenters. The third-order valence-corrected chi connectivity index (χ3v) is 6.49. The Morgan fingerprint density at radius 2 is 1.86 bits per heavy atom. The van der Waals surface area contributed by atoms with Crippen molar-refractivity contribution in [2.45, 2.75) is 19.8 Å². The van der Waals surface area contributed by atoms with Gasteiger partial charge in [-0.3, -0.25) is 19.1 Å². The molecule has 3 aromatic carbocycles. The number of fused-ring (bicyclic) bond motifs is 2. The fourth-order valence-electron chi connectivity index (χ4n) is 4.43. The molecule has 5 rings (SSSR count). The minimum atomic E-state index is -0.508. The zero-order chi connectivity index (χ0) is 25.2. The highest BCUT2D eigenvalue weighted by molar-refractivity contribution is 7.71. The van der Waals surface area contributed by atoms with Crippen molar-refractivity contribution in [3.05, 3.63) is 104 Å². The molecule has 2 heterocycles. The number of hydrogen-bond acceptors (Lipinski definition) is 5. The normalized spacial score (nSPS) is 13.6. The molecule has 1 amide bonds. The molecule has 7 nitrogen and oxygen atoms in total. The van der Waals surface area contributed by atoms with Crippen LogP contribution in [0.5, 0.6) is 5.88 Å². The van der Waals surface area contributed by atoms with Crippen molar-refractivity contribution in [2.24, 2.45) is 4.99 Å². The van der Waals surface area contributed by atoms with E-state index >= 15 is 0 Å². The van der Waals surface area contributed by atoms with Gasteiger partial charge in [-0.1, -0.05) is 61.5 Å². The number of carbonyl (C=O) groups is 1. The second-order valence-electron chi connectivity index (χ2n) is 8.42. The topological polar surface area (TPSA) is 99.5 Å². The van der Waals surface area contributed by atoms with Crippen LogP contribution in [-0.2, 0) is 4.79 Å². The number of nitrogens with zero attached hydrogens (tertiary/aromatic N) is 2. The highest BCUT2D eigenvalue weighted by Crippen LogP contribution is 2.29. The SMILES string of the molecule is CCC(=O)NCCC1=c2ccccc2=NC1=Cc1c(O)n(-c2cccc3ccccc23)c(=S)[nH]c1=O. The number of nitrogens with one attached hydrogen (secondary N) is 2. The maximum atomic E-state index is 13.0. The molecule has 0 bridgehead atoms. The van der Waals surface area contributed by atoms with Gasteiger partial charge in [0.15, 0.2) is 4.77 Å². The van der Waals surface area contributed by atoms with Gasteiger partial charge in [0.05, 0.1) is 16.7 Å². The molecule has 8 heteroatoms. The van der Waals surface area contributed by atoms with E-state index in [0.29, 0.717) is 30.8 Å². The average molecular weight is 497 g/mol. The molecule has 0 saturated carbocycles. The van der Waals surface area contributed by atoms with Crippen LogP contribution in [0.3, 0.4) is 0 Å². The smallest absolute Gasteiger partial charge is 0.262 e. The van der Waals surface area contributed by atoms with E-state index in [-0.39, 0.29) is 22.1 Å². The average Bonchev–Trinajstić information content (AvgIpc) is 3.23. The Kier molecular flexibility index (Phi) is 6.35. The van der Waals surface area contributed by atoms with Crippen LogP contribution in [0.1, 0.15) is 25.3 Å². The first-order valence-corrected chi connectivity index (χ1v) is 12.1. The van der Waals surface area contributed by atoms with Crippen molar-refractivity contribution in [3.63, 3.8) is 0 Å². The summed E-state index contributed by atoms with van der Waals surface area (Å²) in [7, 11) is 0. The van der Waals surface area contributed by atoms with Gasteiger partial charge in [-0.05, 0) is 47.8 Å². The predicted molar refractivity (Wildman–Crippen MR) is 143 cm³/mol. The summed E-state index contributed by atoms with van der Waals surface area (Å²) in [4.78, 5) is 32.1. The summed E-state index contributed by atoms with van der Waals surface area (Å²) in [5, 5.41) is 17.8. The highest BCUT2D eigenvalue weighted by Gasteiger charge is 2.18. The second-order valence-corrected chi connectivity index (χ2v) is 8.81. The van der Waals surface area contributed by atoms with Gasteiger partial charge in [0.1, 0.15) is 5.56 Å². The largest absolute Gasteiger partial charge is 0.494 e. The maximum Gasteiger partial charge on any atom is 0.262 e. The van der Waals surface area contributed by atoms with Crippen LogP contribution < -0.4 is 21.5 Å². The third-order valence-electron chi connectivity index (χ3n) is 6.21. The molecule has 0 spiro atoms. The monoisotopic (exact) mass is 496 g/mol. The lowest BCUT2D eigenvalue weighted by Gasteiger charge is -2.14. The Morgan fingerprint density at radius 1 is 1.11 bits per heavy atom. The van der Waals surface area contributed by atoms with Gasteiger partial charge < -0.3 is 10.4 Å². The van der Waals surface area contributed by atoms with Crippen molar-refractivity contribution in [3.8, 4) is 11.6 Å². The number of para-hydroxylation sites is 1. The van der Waals surface area contributed by atoms with E-state index < -0.39 is 5.56 Å². The maximum absolute atomic E-state index is 13.0. The number of amides is 1. The second kappa shape index (κ2) is 9.75. The van der Waals surface area contributed by atoms with E-state index in [1.807, 2.05) is 66.7 Å². The molecular formula is C28H24N4O3S. The Morgan fingerprint density at radius 3 is 2.69 bits per heavy atom. The van der Waals surface area contributed by atoms with Crippen molar-refractivity contribution < 1.29 is 9.90 Å². The standard InChI is InChI=1S/C28H24N4O3S/c1-2-25(33)29-15-14-20-19-11-5-6-12-22(19)30-23(20)16-21-26(34)31-28(36)32(27(21)35)24-13-7-9-17-8-3-4-10-18(17)24/h3-13,16,35H,2,14-15H2,1H3,(H,29,33)(H,31,34,36). The summed E-state index contributed by atoms with van der Waals surface area (Å²) in [6, 6.07) is 21.1. The fourth-order valence-corrected chi connectivity index (χ4v) is 4.71. The first-order chi connectivity index (χ1) is 17.5. The molecular weight excluding hydrogens is 472 g/mol. The van der Waals surface area contributed by atoms with Gasteiger partial charge in [-0.25, -0.2) is 4.99 Å². The van der Waals surface area contributed by atoms with E-state index in [1.54, 1.807) is 13.0 Å². The summed E-state index contributed by atoms with van der Waals surface area (Å²) in [6.07, 6.45) is 2.52. The highest BCUT2D eigenvalue weighted by atomic mass is 32.1. The van der Waals surface area contributed by atoms with Gasteiger partial charge in [0, 0.05) is 23.6 Å². The van der Waals surface area contributed by atoms with Crippen molar-refractivity contribution in [1.29, 1.82) is 0 Å². The molecule has 0 radical (unpaired) electrons. The van der Waals surface area contributed by atoms with Crippen molar-refractivity contribution in [1.82, 2.24) is 14.9 Å². The fraction of sp³-hybridized carbons (Fsp3) is 0.143. The zero-order valence-electron chi connectivity index (χ0n) is 19.6. The lowest BCUT2D eigenvalue weighted by Crippen LogP contribution is -2.26. The number of carbonyl (C=O) groups excluding carboxylic acids is 1. The molecule has 0 aliphatic carbocycles. The van der Waals surface area contributed by atoms with E-state index in [4.69, 9.17) is 17.2 Å². The Labute approximate surface area is 211 Å². The molecule has 0 unspecified atom stereocenters. The Balaban J connectivity index is 1.66. The molecule has 4 aromatic rings. The minimum absolute atomic E-state index is 0.0318. The number of aromatic hydroxyl groups is 1. The van der Waals surface area contributed by atoms with E-state index in [9.17, 15) is 14.7 Å². The van der Waals surface area contributed by atoms with E-state index in [1.165, 1.54) is 4.57 Å². The summed E-state index contributed by atoms with van der Waals surface area (Å²) >= 11 is 5.45. The van der Waals surface area contributed by atoms with Crippen LogP contribution in [-0.4, -0.2) is 27.1 Å². The zero-order valence-corrected chi connectivity index (χ0v) is 20.4. The predicted octanol–water partition coefficient (Wildman–Crippen LogP) is 3.50. The van der Waals surface area contributed by atoms with Crippen LogP contribution in [0, 0.1) is 4.77 Å². The van der Waals surface area contributed by atoms with Gasteiger partial charge in [0.2, 0.25) is 11.8 Å². The Bertz CT molecular complexity index is 1780. The summed E-state index contributed by atoms with van der Waals surface area (Å²) < 4.78 is 1.56. The number of benzene rings is 3. The van der Waals surface area contributed by atoms with Gasteiger partial charge in [-0.2, -0.15) is 0 Å². The first kappa shape index (κ1) is 23.4. The number of allylic oxidation sites excluding steroid dienone is 1. The number of H-pyrrole nitrogens is 1. The summed E-state index contributed by atoms with van der Waals surface area (Å²) in [6.45, 7) is 2.24. The van der Waals surface area contributed by atoms with Crippen LogP contribution in [0.15, 0.2) is 82.2 Å². The van der Waals surface area contributed by atoms with E-state index in [0.717, 1.165) is 26.9 Å². The van der Waals surface area contributed by atoms with Crippen LogP contribution in [0.2, 0.25) is 0 Å². The molecule has 3 N–H and O–H groups in total. The van der Waals surface area contributed by atoms with Crippen LogP contribution in [0.25, 0.3) is 28.1 Å². The quantitative estimate of drug-likeness (QED) is 0.356. The summed E-state index contributed by atoms with van der Waals surface area (Å²) in [5.74, 6) is -0.298. The van der Waals surface area contributed by atoms with Gasteiger partial charge in [0.25, 0.3) is 5.56 Å². The van der Waals surface area contributed by atoms with E-state index in [2.05, 4.69) is 10.3 Å². The molecule has 1 aliphatic heterocycles. The lowest BCUT2D eigenvalue weighted by atomic mass is 10.1. The molecule has 1 aromatic heterocycles. The Hall–Kier alpha value is -4.30. The summed E-state index contributed by atoms with van der Waals surface area (Å²) in [5.41, 5.74) is 1.65. The van der Waals surface area contributed by atoms with Gasteiger partial charge >= 0.3 is 0 Å². The number of hydrogen-bond donors (Lipinski definition) is 3. The van der Waals surface area contributed by atoms with Gasteiger partial charge in [-0.15, -0.1) is 0 Å². The molecule has 36 heavy (non-hydrogen) atoms. The lowest BCUT2D eigenvalue weighted by molar-refractivity contribution is -0.120. The molecule has 1 aliphatic rings. The number of aromatic nitrogens is 2. The number of aromatic amines is 1. The minimum Gasteiger partial charge on any atom is -0.494 e. The van der Waals surface area contributed by atoms with Crippen LogP contribution in [0.4, 0.5) is 0 Å².